The van der Waals surface area contributed by atoms with Gasteiger partial charge in [-0.05, 0) is 24.9 Å². The number of nitrogens with one attached hydrogen (secondary N) is 1. The van der Waals surface area contributed by atoms with E-state index in [2.05, 4.69) is 9.69 Å². The van der Waals surface area contributed by atoms with Crippen LogP contribution in [0.15, 0.2) is 0 Å². The fraction of sp³-hybridized carbons (Fsp3) is 0.500. The van der Waals surface area contributed by atoms with Crippen molar-refractivity contribution in [3.05, 3.63) is 11.3 Å². The monoisotopic (exact) mass is 200 g/mol. The number of aryl methyl sites for hydroxylation is 1. The minimum atomic E-state index is -0.901. The number of rotatable bonds is 4. The fourth-order valence-corrected chi connectivity index (χ4v) is 1.99. The Kier molecular flexibility index (Phi) is 3.25. The summed E-state index contributed by atoms with van der Waals surface area (Å²) in [5.74, 6) is -0.901. The Bertz CT molecular complexity index is 309. The van der Waals surface area contributed by atoms with E-state index in [1.54, 1.807) is 0 Å². The molecule has 1 aromatic heterocycles. The van der Waals surface area contributed by atoms with Crippen LogP contribution in [-0.2, 0) is 6.42 Å². The van der Waals surface area contributed by atoms with Gasteiger partial charge in [-0.1, -0.05) is 6.92 Å². The van der Waals surface area contributed by atoms with Crippen molar-refractivity contribution in [3.8, 4) is 0 Å². The molecular weight excluding hydrogens is 188 g/mol. The Morgan fingerprint density at radius 3 is 2.77 bits per heavy atom. The fourth-order valence-electron chi connectivity index (χ4n) is 1.07. The first-order valence-corrected chi connectivity index (χ1v) is 4.93. The lowest BCUT2D eigenvalue weighted by molar-refractivity contribution is 0.0697. The topological polar surface area (TPSA) is 62.2 Å². The van der Waals surface area contributed by atoms with Crippen molar-refractivity contribution in [2.75, 3.05) is 11.9 Å². The normalized spacial score (nSPS) is 10.0. The lowest BCUT2D eigenvalue weighted by Crippen LogP contribution is -2.04. The molecule has 0 aliphatic rings. The number of carbonyl (C=O) groups is 1. The smallest absolute Gasteiger partial charge is 0.340 e. The molecule has 0 fully saturated rings. The molecule has 1 aromatic rings. The summed E-state index contributed by atoms with van der Waals surface area (Å²) in [5, 5.41) is 12.6. The van der Waals surface area contributed by atoms with Crippen molar-refractivity contribution >= 4 is 22.5 Å². The summed E-state index contributed by atoms with van der Waals surface area (Å²) in [6, 6.07) is 0. The number of hydrogen-bond donors (Lipinski definition) is 2. The standard InChI is InChI=1S/C8H12N2O2S/c1-3-5-6(8(11)12)7(9-4-2)13-10-5/h9H,3-4H2,1-2H3,(H,11,12). The molecule has 4 nitrogen and oxygen atoms in total. The lowest BCUT2D eigenvalue weighted by atomic mass is 10.2. The summed E-state index contributed by atoms with van der Waals surface area (Å²) in [6.45, 7) is 4.54. The zero-order valence-electron chi connectivity index (χ0n) is 7.63. The number of carboxylic acid groups (broad SMARTS) is 1. The first-order valence-electron chi connectivity index (χ1n) is 4.16. The molecule has 0 radical (unpaired) electrons. The highest BCUT2D eigenvalue weighted by molar-refractivity contribution is 7.10. The van der Waals surface area contributed by atoms with Crippen LogP contribution in [0.1, 0.15) is 29.9 Å². The van der Waals surface area contributed by atoms with E-state index in [1.165, 1.54) is 11.5 Å². The molecule has 0 bridgehead atoms. The number of hydrogen-bond acceptors (Lipinski definition) is 4. The minimum absolute atomic E-state index is 0.328. The van der Waals surface area contributed by atoms with Gasteiger partial charge in [0.15, 0.2) is 0 Å². The Balaban J connectivity index is 3.06. The molecule has 0 atom stereocenters. The number of aromatic nitrogens is 1. The maximum absolute atomic E-state index is 10.9. The van der Waals surface area contributed by atoms with Crippen molar-refractivity contribution in [3.63, 3.8) is 0 Å². The molecule has 0 unspecified atom stereocenters. The van der Waals surface area contributed by atoms with E-state index in [1.807, 2.05) is 13.8 Å². The van der Waals surface area contributed by atoms with Crippen LogP contribution in [0, 0.1) is 0 Å². The van der Waals surface area contributed by atoms with Gasteiger partial charge in [0.05, 0.1) is 5.69 Å². The summed E-state index contributed by atoms with van der Waals surface area (Å²) in [4.78, 5) is 10.9. The van der Waals surface area contributed by atoms with Crippen LogP contribution in [0.5, 0.6) is 0 Å². The molecule has 5 heteroatoms. The third-order valence-electron chi connectivity index (χ3n) is 1.65. The first-order chi connectivity index (χ1) is 6.20. The van der Waals surface area contributed by atoms with Gasteiger partial charge in [0.1, 0.15) is 10.6 Å². The summed E-state index contributed by atoms with van der Waals surface area (Å²) in [6.07, 6.45) is 0.656. The minimum Gasteiger partial charge on any atom is -0.478 e. The van der Waals surface area contributed by atoms with Gasteiger partial charge in [-0.2, -0.15) is 4.37 Å². The first kappa shape index (κ1) is 9.98. The van der Waals surface area contributed by atoms with E-state index in [-0.39, 0.29) is 0 Å². The van der Waals surface area contributed by atoms with E-state index >= 15 is 0 Å². The Morgan fingerprint density at radius 2 is 2.31 bits per heavy atom. The van der Waals surface area contributed by atoms with Crippen LogP contribution in [0.3, 0.4) is 0 Å². The average molecular weight is 200 g/mol. The molecule has 13 heavy (non-hydrogen) atoms. The molecule has 0 spiro atoms. The van der Waals surface area contributed by atoms with Gasteiger partial charge in [-0.3, -0.25) is 0 Å². The van der Waals surface area contributed by atoms with Crippen LogP contribution in [0.2, 0.25) is 0 Å². The van der Waals surface area contributed by atoms with Crippen LogP contribution in [0.4, 0.5) is 5.00 Å². The molecule has 0 amide bonds. The summed E-state index contributed by atoms with van der Waals surface area (Å²) in [7, 11) is 0. The maximum atomic E-state index is 10.9. The predicted octanol–water partition coefficient (Wildman–Crippen LogP) is 1.84. The molecule has 0 saturated heterocycles. The Hall–Kier alpha value is -1.10. The lowest BCUT2D eigenvalue weighted by Gasteiger charge is -2.00. The number of carboxylic acids is 1. The molecule has 0 aliphatic carbocycles. The van der Waals surface area contributed by atoms with Crippen molar-refractivity contribution < 1.29 is 9.90 Å². The summed E-state index contributed by atoms with van der Waals surface area (Å²) < 4.78 is 4.07. The van der Waals surface area contributed by atoms with Gasteiger partial charge in [-0.25, -0.2) is 4.79 Å². The average Bonchev–Trinajstić information content (AvgIpc) is 2.48. The molecule has 72 valence electrons. The van der Waals surface area contributed by atoms with Gasteiger partial charge >= 0.3 is 5.97 Å². The van der Waals surface area contributed by atoms with E-state index < -0.39 is 5.97 Å². The predicted molar refractivity (Wildman–Crippen MR) is 52.6 cm³/mol. The second-order valence-electron chi connectivity index (χ2n) is 2.52. The molecule has 0 aliphatic heterocycles. The Morgan fingerprint density at radius 1 is 1.62 bits per heavy atom. The molecule has 1 heterocycles. The Labute approximate surface area is 80.8 Å². The molecular formula is C8H12N2O2S. The van der Waals surface area contributed by atoms with E-state index in [0.717, 1.165) is 0 Å². The third kappa shape index (κ3) is 1.98. The van der Waals surface area contributed by atoms with E-state index in [9.17, 15) is 4.79 Å². The molecule has 0 aromatic carbocycles. The summed E-state index contributed by atoms with van der Waals surface area (Å²) >= 11 is 1.21. The van der Waals surface area contributed by atoms with E-state index in [0.29, 0.717) is 29.2 Å². The summed E-state index contributed by atoms with van der Waals surface area (Å²) in [5.41, 5.74) is 0.989. The van der Waals surface area contributed by atoms with Gasteiger partial charge in [0, 0.05) is 6.54 Å². The van der Waals surface area contributed by atoms with Gasteiger partial charge < -0.3 is 10.4 Å². The van der Waals surface area contributed by atoms with Gasteiger partial charge in [0.25, 0.3) is 0 Å². The third-order valence-corrected chi connectivity index (χ3v) is 2.49. The maximum Gasteiger partial charge on any atom is 0.340 e. The molecule has 1 rings (SSSR count). The highest BCUT2D eigenvalue weighted by Crippen LogP contribution is 2.24. The van der Waals surface area contributed by atoms with Crippen molar-refractivity contribution in [1.82, 2.24) is 4.37 Å². The number of nitrogens with zero attached hydrogens (tertiary/aromatic N) is 1. The van der Waals surface area contributed by atoms with Crippen molar-refractivity contribution in [1.29, 1.82) is 0 Å². The zero-order chi connectivity index (χ0) is 9.84. The van der Waals surface area contributed by atoms with Crippen molar-refractivity contribution in [2.24, 2.45) is 0 Å². The quantitative estimate of drug-likeness (QED) is 0.778. The largest absolute Gasteiger partial charge is 0.478 e. The van der Waals surface area contributed by atoms with Crippen molar-refractivity contribution in [2.45, 2.75) is 20.3 Å². The second kappa shape index (κ2) is 4.23. The highest BCUT2D eigenvalue weighted by atomic mass is 32.1. The zero-order valence-corrected chi connectivity index (χ0v) is 8.44. The van der Waals surface area contributed by atoms with Gasteiger partial charge in [-0.15, -0.1) is 0 Å². The van der Waals surface area contributed by atoms with Gasteiger partial charge in [0.2, 0.25) is 0 Å². The number of anilines is 1. The van der Waals surface area contributed by atoms with Crippen LogP contribution >= 0.6 is 11.5 Å². The van der Waals surface area contributed by atoms with E-state index in [4.69, 9.17) is 5.11 Å². The number of aromatic carboxylic acids is 1. The highest BCUT2D eigenvalue weighted by Gasteiger charge is 2.18. The van der Waals surface area contributed by atoms with Crippen LogP contribution in [0.25, 0.3) is 0 Å². The molecule has 0 saturated carbocycles. The van der Waals surface area contributed by atoms with Crippen LogP contribution < -0.4 is 5.32 Å². The SMILES string of the molecule is CCNc1snc(CC)c1C(=O)O. The second-order valence-corrected chi connectivity index (χ2v) is 3.30. The molecule has 2 N–H and O–H groups in total. The van der Waals surface area contributed by atoms with Crippen LogP contribution in [-0.4, -0.2) is 22.0 Å².